The van der Waals surface area contributed by atoms with Crippen molar-refractivity contribution in [3.05, 3.63) is 0 Å². The van der Waals surface area contributed by atoms with E-state index in [4.69, 9.17) is 0 Å². The number of hydrogen-bond acceptors (Lipinski definition) is 5. The lowest BCUT2D eigenvalue weighted by molar-refractivity contribution is -0.139. The number of amides is 2. The molecule has 3 unspecified atom stereocenters. The Kier molecular flexibility index (Phi) is 3.06. The molecule has 0 spiro atoms. The van der Waals surface area contributed by atoms with Gasteiger partial charge in [-0.25, -0.2) is 12.7 Å². The fraction of sp³-hybridized carbons (Fsp3) is 0.833. The molecule has 1 N–H and O–H groups in total. The van der Waals surface area contributed by atoms with Crippen molar-refractivity contribution in [1.82, 2.24) is 14.5 Å². The van der Waals surface area contributed by atoms with E-state index in [0.29, 0.717) is 26.1 Å². The highest BCUT2D eigenvalue weighted by molar-refractivity contribution is 7.88. The minimum atomic E-state index is -3.57. The maximum Gasteiger partial charge on any atom is 0.241 e. The lowest BCUT2D eigenvalue weighted by atomic mass is 9.97. The zero-order valence-electron chi connectivity index (χ0n) is 11.6. The molecule has 20 heavy (non-hydrogen) atoms. The molecule has 0 saturated carbocycles. The Morgan fingerprint density at radius 3 is 2.50 bits per heavy atom. The molecule has 112 valence electrons. The van der Waals surface area contributed by atoms with Crippen LogP contribution in [0.2, 0.25) is 0 Å². The van der Waals surface area contributed by atoms with Gasteiger partial charge in [0.1, 0.15) is 0 Å². The molecule has 3 atom stereocenters. The lowest BCUT2D eigenvalue weighted by Crippen LogP contribution is -2.54. The molecule has 3 aliphatic heterocycles. The van der Waals surface area contributed by atoms with E-state index in [1.165, 1.54) is 0 Å². The second-order valence-corrected chi connectivity index (χ2v) is 7.78. The Morgan fingerprint density at radius 2 is 2.00 bits per heavy atom. The van der Waals surface area contributed by atoms with E-state index < -0.39 is 15.9 Å². The number of likely N-dealkylation sites (tertiary alicyclic amines) is 1. The quantitative estimate of drug-likeness (QED) is 0.679. The lowest BCUT2D eigenvalue weighted by Gasteiger charge is -2.34. The summed E-state index contributed by atoms with van der Waals surface area (Å²) < 4.78 is 24.6. The van der Waals surface area contributed by atoms with Crippen LogP contribution in [0.25, 0.3) is 0 Å². The summed E-state index contributed by atoms with van der Waals surface area (Å²) in [7, 11) is -3.57. The predicted octanol–water partition coefficient (Wildman–Crippen LogP) is -1.39. The first-order valence-corrected chi connectivity index (χ1v) is 8.71. The number of fused-ring (bicyclic) bond motifs is 1. The third-order valence-electron chi connectivity index (χ3n) is 4.61. The van der Waals surface area contributed by atoms with Gasteiger partial charge in [-0.15, -0.1) is 0 Å². The Labute approximate surface area is 118 Å². The normalized spacial score (nSPS) is 34.3. The molecular weight excluding hydrogens is 282 g/mol. The van der Waals surface area contributed by atoms with E-state index in [-0.39, 0.29) is 29.8 Å². The van der Waals surface area contributed by atoms with Crippen LogP contribution in [-0.4, -0.2) is 67.4 Å². The van der Waals surface area contributed by atoms with Gasteiger partial charge in [0.25, 0.3) is 0 Å². The van der Waals surface area contributed by atoms with Gasteiger partial charge in [-0.1, -0.05) is 6.92 Å². The Morgan fingerprint density at radius 1 is 1.35 bits per heavy atom. The number of carbonyl (C=O) groups excluding carboxylic acids is 2. The summed E-state index contributed by atoms with van der Waals surface area (Å²) in [6.07, 6.45) is 1.60. The van der Waals surface area contributed by atoms with Crippen LogP contribution in [0.15, 0.2) is 0 Å². The molecule has 3 rings (SSSR count). The maximum absolute atomic E-state index is 12.4. The van der Waals surface area contributed by atoms with Crippen molar-refractivity contribution >= 4 is 21.8 Å². The van der Waals surface area contributed by atoms with Crippen molar-refractivity contribution in [2.75, 3.05) is 25.9 Å². The molecule has 3 saturated heterocycles. The summed E-state index contributed by atoms with van der Waals surface area (Å²) in [5.41, 5.74) is 0. The molecule has 3 aliphatic rings. The first-order chi connectivity index (χ1) is 9.32. The molecule has 8 heteroatoms. The molecular formula is C12H19N3O4S. The first kappa shape index (κ1) is 13.8. The van der Waals surface area contributed by atoms with Crippen LogP contribution in [0.4, 0.5) is 0 Å². The number of nitrogens with one attached hydrogen (secondary N) is 1. The van der Waals surface area contributed by atoms with Gasteiger partial charge >= 0.3 is 0 Å². The Bertz CT molecular complexity index is 557. The third kappa shape index (κ3) is 1.85. The molecule has 0 bridgehead atoms. The highest BCUT2D eigenvalue weighted by Gasteiger charge is 2.56. The van der Waals surface area contributed by atoms with Crippen molar-refractivity contribution in [1.29, 1.82) is 0 Å². The predicted molar refractivity (Wildman–Crippen MR) is 71.1 cm³/mol. The van der Waals surface area contributed by atoms with Crippen molar-refractivity contribution in [3.63, 3.8) is 0 Å². The van der Waals surface area contributed by atoms with Crippen LogP contribution in [0.1, 0.15) is 13.3 Å². The highest BCUT2D eigenvalue weighted by Crippen LogP contribution is 2.38. The standard InChI is InChI=1S/C12H19N3O4S/c1-7-10-9(15(11(7)16)20(2,18)19)3-4-14(10)12(17)8-5-13-6-8/h7-10,13H,3-6H2,1-2H3. The molecule has 0 aliphatic carbocycles. The van der Waals surface area contributed by atoms with E-state index in [1.54, 1.807) is 11.8 Å². The largest absolute Gasteiger partial charge is 0.336 e. The second kappa shape index (κ2) is 4.42. The Hall–Kier alpha value is -1.15. The van der Waals surface area contributed by atoms with Crippen molar-refractivity contribution in [3.8, 4) is 0 Å². The minimum absolute atomic E-state index is 0.0247. The smallest absolute Gasteiger partial charge is 0.241 e. The fourth-order valence-electron chi connectivity index (χ4n) is 3.53. The minimum Gasteiger partial charge on any atom is -0.336 e. The van der Waals surface area contributed by atoms with Crippen LogP contribution in [-0.2, 0) is 19.6 Å². The number of hydrogen-bond donors (Lipinski definition) is 1. The number of sulfonamides is 1. The van der Waals surface area contributed by atoms with E-state index in [9.17, 15) is 18.0 Å². The molecule has 0 aromatic carbocycles. The van der Waals surface area contributed by atoms with Gasteiger partial charge in [0.2, 0.25) is 21.8 Å². The van der Waals surface area contributed by atoms with Crippen LogP contribution < -0.4 is 5.32 Å². The molecule has 0 aromatic heterocycles. The van der Waals surface area contributed by atoms with E-state index in [2.05, 4.69) is 5.32 Å². The average Bonchev–Trinajstić information content (AvgIpc) is 2.76. The molecule has 0 aromatic rings. The molecule has 3 heterocycles. The van der Waals surface area contributed by atoms with E-state index in [1.807, 2.05) is 0 Å². The van der Waals surface area contributed by atoms with E-state index >= 15 is 0 Å². The van der Waals surface area contributed by atoms with Gasteiger partial charge in [-0.2, -0.15) is 0 Å². The summed E-state index contributed by atoms with van der Waals surface area (Å²) in [4.78, 5) is 26.3. The van der Waals surface area contributed by atoms with Gasteiger partial charge in [0.05, 0.1) is 30.2 Å². The average molecular weight is 301 g/mol. The van der Waals surface area contributed by atoms with Crippen LogP contribution in [0.5, 0.6) is 0 Å². The SMILES string of the molecule is CC1C(=O)N(S(C)(=O)=O)C2CCN(C(=O)C3CNC3)C12. The summed E-state index contributed by atoms with van der Waals surface area (Å²) in [6.45, 7) is 3.60. The van der Waals surface area contributed by atoms with Crippen molar-refractivity contribution in [2.24, 2.45) is 11.8 Å². The molecule has 3 fully saturated rings. The maximum atomic E-state index is 12.4. The van der Waals surface area contributed by atoms with Crippen LogP contribution in [0, 0.1) is 11.8 Å². The number of rotatable bonds is 2. The van der Waals surface area contributed by atoms with Crippen LogP contribution >= 0.6 is 0 Å². The molecule has 0 radical (unpaired) electrons. The van der Waals surface area contributed by atoms with Crippen molar-refractivity contribution < 1.29 is 18.0 Å². The van der Waals surface area contributed by atoms with Gasteiger partial charge in [0, 0.05) is 19.6 Å². The summed E-state index contributed by atoms with van der Waals surface area (Å²) in [5.74, 6) is -0.810. The van der Waals surface area contributed by atoms with Gasteiger partial charge in [0.15, 0.2) is 0 Å². The zero-order valence-corrected chi connectivity index (χ0v) is 12.4. The molecule has 7 nitrogen and oxygen atoms in total. The summed E-state index contributed by atoms with van der Waals surface area (Å²) >= 11 is 0. The fourth-order valence-corrected chi connectivity index (χ4v) is 4.75. The summed E-state index contributed by atoms with van der Waals surface area (Å²) in [5, 5.41) is 3.06. The first-order valence-electron chi connectivity index (χ1n) is 6.87. The van der Waals surface area contributed by atoms with Gasteiger partial charge in [-0.05, 0) is 6.42 Å². The van der Waals surface area contributed by atoms with Gasteiger partial charge in [-0.3, -0.25) is 9.59 Å². The van der Waals surface area contributed by atoms with Crippen LogP contribution in [0.3, 0.4) is 0 Å². The number of nitrogens with zero attached hydrogens (tertiary/aromatic N) is 2. The second-order valence-electron chi connectivity index (χ2n) is 5.92. The Balaban J connectivity index is 1.87. The molecule has 2 amide bonds. The highest BCUT2D eigenvalue weighted by atomic mass is 32.2. The zero-order chi connectivity index (χ0) is 14.7. The van der Waals surface area contributed by atoms with Gasteiger partial charge < -0.3 is 10.2 Å². The summed E-state index contributed by atoms with van der Waals surface area (Å²) in [6, 6.07) is -0.685. The third-order valence-corrected chi connectivity index (χ3v) is 5.78. The number of carbonyl (C=O) groups is 2. The topological polar surface area (TPSA) is 86.8 Å². The monoisotopic (exact) mass is 301 g/mol. The van der Waals surface area contributed by atoms with E-state index in [0.717, 1.165) is 10.6 Å². The van der Waals surface area contributed by atoms with Crippen molar-refractivity contribution in [2.45, 2.75) is 25.4 Å².